The van der Waals surface area contributed by atoms with Crippen LogP contribution in [0.15, 0.2) is 29.0 Å². The zero-order chi connectivity index (χ0) is 11.7. The van der Waals surface area contributed by atoms with Gasteiger partial charge in [0.1, 0.15) is 5.52 Å². The first-order chi connectivity index (χ1) is 8.36. The summed E-state index contributed by atoms with van der Waals surface area (Å²) in [5.41, 5.74) is 1.93. The Balaban J connectivity index is 1.97. The first kappa shape index (κ1) is 10.3. The van der Waals surface area contributed by atoms with E-state index in [1.54, 1.807) is 6.07 Å². The molecule has 0 unspecified atom stereocenters. The Morgan fingerprint density at radius 3 is 3.00 bits per heavy atom. The second-order valence-electron chi connectivity index (χ2n) is 4.05. The molecule has 1 aromatic heterocycles. The minimum atomic E-state index is 0.0333. The van der Waals surface area contributed by atoms with Crippen molar-refractivity contribution in [1.82, 2.24) is 15.2 Å². The van der Waals surface area contributed by atoms with E-state index in [9.17, 15) is 4.79 Å². The third kappa shape index (κ3) is 1.78. The third-order valence-electron chi connectivity index (χ3n) is 3.00. The third-order valence-corrected chi connectivity index (χ3v) is 3.00. The fourth-order valence-electron chi connectivity index (χ4n) is 2.10. The van der Waals surface area contributed by atoms with Gasteiger partial charge in [0.15, 0.2) is 12.0 Å². The first-order valence-electron chi connectivity index (χ1n) is 5.68. The van der Waals surface area contributed by atoms with E-state index < -0.39 is 0 Å². The van der Waals surface area contributed by atoms with E-state index >= 15 is 0 Å². The highest BCUT2D eigenvalue weighted by molar-refractivity contribution is 6.04. The Kier molecular flexibility index (Phi) is 2.53. The van der Waals surface area contributed by atoms with Crippen molar-refractivity contribution in [2.75, 3.05) is 26.2 Å². The van der Waals surface area contributed by atoms with E-state index in [1.807, 2.05) is 17.0 Å². The highest BCUT2D eigenvalue weighted by Crippen LogP contribution is 2.18. The molecule has 5 heteroatoms. The lowest BCUT2D eigenvalue weighted by atomic mass is 10.1. The molecular formula is C12H13N3O2. The Morgan fingerprint density at radius 1 is 1.35 bits per heavy atom. The van der Waals surface area contributed by atoms with Crippen molar-refractivity contribution in [2.45, 2.75) is 0 Å². The molecule has 3 rings (SSSR count). The van der Waals surface area contributed by atoms with Gasteiger partial charge in [0.25, 0.3) is 5.91 Å². The Bertz CT molecular complexity index is 543. The fourth-order valence-corrected chi connectivity index (χ4v) is 2.10. The summed E-state index contributed by atoms with van der Waals surface area (Å²) in [5.74, 6) is 0.0333. The number of nitrogens with zero attached hydrogens (tertiary/aromatic N) is 2. The summed E-state index contributed by atoms with van der Waals surface area (Å²) in [5, 5.41) is 3.23. The number of piperazine rings is 1. The van der Waals surface area contributed by atoms with Crippen molar-refractivity contribution in [2.24, 2.45) is 0 Å². The monoisotopic (exact) mass is 231 g/mol. The van der Waals surface area contributed by atoms with Crippen molar-refractivity contribution in [3.8, 4) is 0 Å². The molecule has 1 fully saturated rings. The fraction of sp³-hybridized carbons (Fsp3) is 0.333. The van der Waals surface area contributed by atoms with Gasteiger partial charge in [0.2, 0.25) is 0 Å². The maximum Gasteiger partial charge on any atom is 0.256 e. The van der Waals surface area contributed by atoms with Crippen LogP contribution < -0.4 is 5.32 Å². The summed E-state index contributed by atoms with van der Waals surface area (Å²) in [6, 6.07) is 5.44. The van der Waals surface area contributed by atoms with E-state index in [0.717, 1.165) is 26.2 Å². The molecule has 1 aliphatic rings. The topological polar surface area (TPSA) is 58.4 Å². The van der Waals surface area contributed by atoms with Crippen LogP contribution in [0.5, 0.6) is 0 Å². The standard InChI is InChI=1S/C12H13N3O2/c16-12(15-6-4-13-5-7-15)9-2-1-3-10-11(9)14-8-17-10/h1-3,8,13H,4-7H2. The molecule has 0 saturated carbocycles. The molecule has 0 radical (unpaired) electrons. The lowest BCUT2D eigenvalue weighted by Crippen LogP contribution is -2.46. The van der Waals surface area contributed by atoms with Crippen molar-refractivity contribution >= 4 is 17.0 Å². The van der Waals surface area contributed by atoms with Crippen LogP contribution in [0.2, 0.25) is 0 Å². The molecule has 2 heterocycles. The van der Waals surface area contributed by atoms with Gasteiger partial charge < -0.3 is 14.6 Å². The van der Waals surface area contributed by atoms with Crippen molar-refractivity contribution in [3.63, 3.8) is 0 Å². The summed E-state index contributed by atoms with van der Waals surface area (Å²) in [4.78, 5) is 18.3. The van der Waals surface area contributed by atoms with Crippen LogP contribution in [0.4, 0.5) is 0 Å². The van der Waals surface area contributed by atoms with E-state index in [4.69, 9.17) is 4.42 Å². The van der Waals surface area contributed by atoms with Gasteiger partial charge in [-0.25, -0.2) is 4.98 Å². The molecule has 0 bridgehead atoms. The molecule has 17 heavy (non-hydrogen) atoms. The minimum absolute atomic E-state index is 0.0333. The molecule has 0 atom stereocenters. The molecule has 0 aliphatic carbocycles. The number of benzene rings is 1. The molecule has 1 N–H and O–H groups in total. The number of aromatic nitrogens is 1. The van der Waals surface area contributed by atoms with Gasteiger partial charge >= 0.3 is 0 Å². The van der Waals surface area contributed by atoms with Gasteiger partial charge in [0.05, 0.1) is 5.56 Å². The van der Waals surface area contributed by atoms with E-state index in [1.165, 1.54) is 6.39 Å². The lowest BCUT2D eigenvalue weighted by Gasteiger charge is -2.27. The van der Waals surface area contributed by atoms with Crippen LogP contribution >= 0.6 is 0 Å². The second kappa shape index (κ2) is 4.18. The van der Waals surface area contributed by atoms with Crippen LogP contribution in [0, 0.1) is 0 Å². The number of rotatable bonds is 1. The quantitative estimate of drug-likeness (QED) is 0.791. The van der Waals surface area contributed by atoms with E-state index in [-0.39, 0.29) is 5.91 Å². The Labute approximate surface area is 98.4 Å². The predicted octanol–water partition coefficient (Wildman–Crippen LogP) is 0.873. The summed E-state index contributed by atoms with van der Waals surface area (Å²) >= 11 is 0. The van der Waals surface area contributed by atoms with Crippen LogP contribution in [-0.2, 0) is 0 Å². The molecule has 88 valence electrons. The van der Waals surface area contributed by atoms with E-state index in [0.29, 0.717) is 16.7 Å². The second-order valence-corrected chi connectivity index (χ2v) is 4.05. The van der Waals surface area contributed by atoms with Crippen LogP contribution in [0.25, 0.3) is 11.1 Å². The van der Waals surface area contributed by atoms with Gasteiger partial charge in [-0.1, -0.05) is 6.07 Å². The summed E-state index contributed by atoms with van der Waals surface area (Å²) in [6.07, 6.45) is 1.37. The minimum Gasteiger partial charge on any atom is -0.443 e. The number of carbonyl (C=O) groups is 1. The average Bonchev–Trinajstić information content (AvgIpc) is 2.87. The highest BCUT2D eigenvalue weighted by Gasteiger charge is 2.20. The van der Waals surface area contributed by atoms with Gasteiger partial charge in [0, 0.05) is 26.2 Å². The number of fused-ring (bicyclic) bond motifs is 1. The molecule has 1 aromatic carbocycles. The number of oxazole rings is 1. The predicted molar refractivity (Wildman–Crippen MR) is 62.8 cm³/mol. The van der Waals surface area contributed by atoms with Gasteiger partial charge in [-0.3, -0.25) is 4.79 Å². The van der Waals surface area contributed by atoms with Gasteiger partial charge in [-0.2, -0.15) is 0 Å². The van der Waals surface area contributed by atoms with Gasteiger partial charge in [-0.05, 0) is 12.1 Å². The van der Waals surface area contributed by atoms with Gasteiger partial charge in [-0.15, -0.1) is 0 Å². The molecule has 2 aromatic rings. The maximum atomic E-state index is 12.3. The molecule has 1 aliphatic heterocycles. The number of carbonyl (C=O) groups excluding carboxylic acids is 1. The lowest BCUT2D eigenvalue weighted by molar-refractivity contribution is 0.0737. The Hall–Kier alpha value is -1.88. The molecule has 5 nitrogen and oxygen atoms in total. The SMILES string of the molecule is O=C(c1cccc2ocnc12)N1CCNCC1. The van der Waals surface area contributed by atoms with Crippen LogP contribution in [-0.4, -0.2) is 42.0 Å². The van der Waals surface area contributed by atoms with Crippen molar-refractivity contribution < 1.29 is 9.21 Å². The van der Waals surface area contributed by atoms with Crippen molar-refractivity contribution in [1.29, 1.82) is 0 Å². The molecule has 0 spiro atoms. The van der Waals surface area contributed by atoms with Crippen LogP contribution in [0.3, 0.4) is 0 Å². The van der Waals surface area contributed by atoms with E-state index in [2.05, 4.69) is 10.3 Å². The summed E-state index contributed by atoms with van der Waals surface area (Å²) < 4.78 is 5.20. The largest absolute Gasteiger partial charge is 0.443 e. The zero-order valence-corrected chi connectivity index (χ0v) is 9.35. The highest BCUT2D eigenvalue weighted by atomic mass is 16.3. The maximum absolute atomic E-state index is 12.3. The average molecular weight is 231 g/mol. The summed E-state index contributed by atoms with van der Waals surface area (Å²) in [7, 11) is 0. The number of hydrogen-bond acceptors (Lipinski definition) is 4. The number of hydrogen-bond donors (Lipinski definition) is 1. The zero-order valence-electron chi connectivity index (χ0n) is 9.35. The normalized spacial score (nSPS) is 16.4. The van der Waals surface area contributed by atoms with Crippen molar-refractivity contribution in [3.05, 3.63) is 30.2 Å². The smallest absolute Gasteiger partial charge is 0.256 e. The number of nitrogens with one attached hydrogen (secondary N) is 1. The Morgan fingerprint density at radius 2 is 2.18 bits per heavy atom. The number of amides is 1. The summed E-state index contributed by atoms with van der Waals surface area (Å²) in [6.45, 7) is 3.18. The number of para-hydroxylation sites is 1. The molecule has 1 amide bonds. The van der Waals surface area contributed by atoms with Crippen LogP contribution in [0.1, 0.15) is 10.4 Å². The molecular weight excluding hydrogens is 218 g/mol. The molecule has 1 saturated heterocycles. The first-order valence-corrected chi connectivity index (χ1v) is 5.68.